The Morgan fingerprint density at radius 2 is 2.00 bits per heavy atom. The fourth-order valence-corrected chi connectivity index (χ4v) is 2.01. The van der Waals surface area contributed by atoms with Crippen LogP contribution in [0.15, 0.2) is 18.2 Å². The van der Waals surface area contributed by atoms with Crippen molar-refractivity contribution < 1.29 is 15.0 Å². The molecule has 0 aliphatic heterocycles. The lowest BCUT2D eigenvalue weighted by Crippen LogP contribution is -2.40. The minimum absolute atomic E-state index is 0.0419. The SMILES string of the molecule is CCN(CC(=O)NC(C)C)c1ccc(C(C)O)c(O)c1. The van der Waals surface area contributed by atoms with Crippen molar-refractivity contribution in [3.63, 3.8) is 0 Å². The highest BCUT2D eigenvalue weighted by Crippen LogP contribution is 2.28. The third-order valence-corrected chi connectivity index (χ3v) is 3.00. The summed E-state index contributed by atoms with van der Waals surface area (Å²) in [6.07, 6.45) is -0.719. The zero-order chi connectivity index (χ0) is 15.3. The maximum Gasteiger partial charge on any atom is 0.239 e. The van der Waals surface area contributed by atoms with Gasteiger partial charge in [0.1, 0.15) is 5.75 Å². The van der Waals surface area contributed by atoms with E-state index in [4.69, 9.17) is 0 Å². The summed E-state index contributed by atoms with van der Waals surface area (Å²) < 4.78 is 0. The summed E-state index contributed by atoms with van der Waals surface area (Å²) in [6.45, 7) is 8.26. The van der Waals surface area contributed by atoms with Crippen LogP contribution in [0.25, 0.3) is 0 Å². The summed E-state index contributed by atoms with van der Waals surface area (Å²) in [6, 6.07) is 5.16. The number of nitrogens with zero attached hydrogens (tertiary/aromatic N) is 1. The summed E-state index contributed by atoms with van der Waals surface area (Å²) in [5.41, 5.74) is 1.24. The van der Waals surface area contributed by atoms with Gasteiger partial charge in [0.05, 0.1) is 12.6 Å². The van der Waals surface area contributed by atoms with Crippen molar-refractivity contribution in [2.24, 2.45) is 0 Å². The van der Waals surface area contributed by atoms with Gasteiger partial charge in [0.2, 0.25) is 5.91 Å². The number of phenols is 1. The monoisotopic (exact) mass is 280 g/mol. The number of likely N-dealkylation sites (N-methyl/N-ethyl adjacent to an activating group) is 1. The lowest BCUT2D eigenvalue weighted by molar-refractivity contribution is -0.120. The number of nitrogens with one attached hydrogen (secondary N) is 1. The van der Waals surface area contributed by atoms with Crippen LogP contribution >= 0.6 is 0 Å². The molecule has 3 N–H and O–H groups in total. The first-order chi connectivity index (χ1) is 9.35. The first-order valence-electron chi connectivity index (χ1n) is 6.90. The minimum atomic E-state index is -0.719. The summed E-state index contributed by atoms with van der Waals surface area (Å²) in [7, 11) is 0. The lowest BCUT2D eigenvalue weighted by Gasteiger charge is -2.24. The number of amides is 1. The van der Waals surface area contributed by atoms with Crippen molar-refractivity contribution in [2.45, 2.75) is 39.8 Å². The molecule has 0 spiro atoms. The fraction of sp³-hybridized carbons (Fsp3) is 0.533. The van der Waals surface area contributed by atoms with Crippen LogP contribution in [-0.2, 0) is 4.79 Å². The highest BCUT2D eigenvalue weighted by atomic mass is 16.3. The summed E-state index contributed by atoms with van der Waals surface area (Å²) in [5, 5.41) is 22.2. The maximum atomic E-state index is 11.8. The quantitative estimate of drug-likeness (QED) is 0.743. The van der Waals surface area contributed by atoms with Gasteiger partial charge >= 0.3 is 0 Å². The second kappa shape index (κ2) is 7.14. The first-order valence-corrected chi connectivity index (χ1v) is 6.90. The lowest BCUT2D eigenvalue weighted by atomic mass is 10.1. The van der Waals surface area contributed by atoms with Crippen LogP contribution in [0.5, 0.6) is 5.75 Å². The van der Waals surface area contributed by atoms with Gasteiger partial charge in [0.25, 0.3) is 0 Å². The predicted octanol–water partition coefficient (Wildman–Crippen LogP) is 1.80. The molecule has 0 aliphatic carbocycles. The average Bonchev–Trinajstić information content (AvgIpc) is 2.34. The number of carbonyl (C=O) groups is 1. The molecule has 0 aliphatic rings. The zero-order valence-corrected chi connectivity index (χ0v) is 12.6. The van der Waals surface area contributed by atoms with Crippen molar-refractivity contribution in [1.29, 1.82) is 0 Å². The van der Waals surface area contributed by atoms with Gasteiger partial charge in [0, 0.05) is 29.9 Å². The van der Waals surface area contributed by atoms with E-state index in [2.05, 4.69) is 5.32 Å². The molecule has 1 aromatic carbocycles. The van der Waals surface area contributed by atoms with E-state index in [0.717, 1.165) is 5.69 Å². The van der Waals surface area contributed by atoms with Crippen LogP contribution in [-0.4, -0.2) is 35.3 Å². The highest BCUT2D eigenvalue weighted by Gasteiger charge is 2.14. The van der Waals surface area contributed by atoms with E-state index in [1.807, 2.05) is 25.7 Å². The van der Waals surface area contributed by atoms with Gasteiger partial charge in [-0.05, 0) is 33.8 Å². The van der Waals surface area contributed by atoms with Crippen molar-refractivity contribution in [1.82, 2.24) is 5.32 Å². The standard InChI is InChI=1S/C15H24N2O3/c1-5-17(9-15(20)16-10(2)3)12-6-7-13(11(4)18)14(19)8-12/h6-8,10-11,18-19H,5,9H2,1-4H3,(H,16,20). The molecule has 0 heterocycles. The van der Waals surface area contributed by atoms with E-state index in [-0.39, 0.29) is 24.2 Å². The average molecular weight is 280 g/mol. The van der Waals surface area contributed by atoms with Gasteiger partial charge in [-0.15, -0.1) is 0 Å². The van der Waals surface area contributed by atoms with E-state index < -0.39 is 6.10 Å². The second-order valence-electron chi connectivity index (χ2n) is 5.16. The Kier molecular flexibility index (Phi) is 5.82. The van der Waals surface area contributed by atoms with E-state index in [1.165, 1.54) is 0 Å². The molecule has 112 valence electrons. The number of aliphatic hydroxyl groups is 1. The summed E-state index contributed by atoms with van der Waals surface area (Å²) in [4.78, 5) is 13.7. The number of benzene rings is 1. The van der Waals surface area contributed by atoms with Gasteiger partial charge in [-0.25, -0.2) is 0 Å². The van der Waals surface area contributed by atoms with Gasteiger partial charge < -0.3 is 20.4 Å². The number of hydrogen-bond acceptors (Lipinski definition) is 4. The van der Waals surface area contributed by atoms with Gasteiger partial charge in [0.15, 0.2) is 0 Å². The molecule has 20 heavy (non-hydrogen) atoms. The van der Waals surface area contributed by atoms with Crippen LogP contribution in [0, 0.1) is 0 Å². The molecule has 5 heteroatoms. The molecule has 1 atom stereocenters. The van der Waals surface area contributed by atoms with Crippen molar-refractivity contribution in [3.8, 4) is 5.75 Å². The van der Waals surface area contributed by atoms with Crippen LogP contribution < -0.4 is 10.2 Å². The molecule has 1 unspecified atom stereocenters. The Morgan fingerprint density at radius 3 is 2.45 bits per heavy atom. The number of phenolic OH excluding ortho intramolecular Hbond substituents is 1. The predicted molar refractivity (Wildman–Crippen MR) is 79.9 cm³/mol. The van der Waals surface area contributed by atoms with E-state index in [1.54, 1.807) is 25.1 Å². The molecule has 0 bridgehead atoms. The number of aromatic hydroxyl groups is 1. The van der Waals surface area contributed by atoms with Crippen LogP contribution in [0.3, 0.4) is 0 Å². The minimum Gasteiger partial charge on any atom is -0.507 e. The van der Waals surface area contributed by atoms with Crippen molar-refractivity contribution >= 4 is 11.6 Å². The van der Waals surface area contributed by atoms with Crippen molar-refractivity contribution in [2.75, 3.05) is 18.0 Å². The molecule has 1 aromatic rings. The number of hydrogen-bond donors (Lipinski definition) is 3. The van der Waals surface area contributed by atoms with Crippen LogP contribution in [0.1, 0.15) is 39.4 Å². The molecule has 0 fully saturated rings. The number of carbonyl (C=O) groups excluding carboxylic acids is 1. The van der Waals surface area contributed by atoms with Crippen molar-refractivity contribution in [3.05, 3.63) is 23.8 Å². The van der Waals surface area contributed by atoms with E-state index >= 15 is 0 Å². The molecule has 1 rings (SSSR count). The van der Waals surface area contributed by atoms with Gasteiger partial charge in [-0.2, -0.15) is 0 Å². The van der Waals surface area contributed by atoms with Crippen LogP contribution in [0.4, 0.5) is 5.69 Å². The number of rotatable bonds is 6. The Balaban J connectivity index is 2.85. The molecule has 0 saturated heterocycles. The Bertz CT molecular complexity index is 458. The number of aliphatic hydroxyl groups excluding tert-OH is 1. The Hall–Kier alpha value is -1.75. The smallest absolute Gasteiger partial charge is 0.239 e. The molecule has 0 aromatic heterocycles. The second-order valence-corrected chi connectivity index (χ2v) is 5.16. The number of anilines is 1. The van der Waals surface area contributed by atoms with Gasteiger partial charge in [-0.1, -0.05) is 6.07 Å². The third kappa shape index (κ3) is 4.42. The molecule has 1 amide bonds. The fourth-order valence-electron chi connectivity index (χ4n) is 2.01. The maximum absolute atomic E-state index is 11.8. The largest absolute Gasteiger partial charge is 0.507 e. The molecular formula is C15H24N2O3. The molecule has 5 nitrogen and oxygen atoms in total. The highest BCUT2D eigenvalue weighted by molar-refractivity contribution is 5.81. The third-order valence-electron chi connectivity index (χ3n) is 3.00. The molecule has 0 saturated carbocycles. The molecular weight excluding hydrogens is 256 g/mol. The van der Waals surface area contributed by atoms with E-state index in [9.17, 15) is 15.0 Å². The van der Waals surface area contributed by atoms with E-state index in [0.29, 0.717) is 12.1 Å². The van der Waals surface area contributed by atoms with Crippen LogP contribution in [0.2, 0.25) is 0 Å². The van der Waals surface area contributed by atoms with Gasteiger partial charge in [-0.3, -0.25) is 4.79 Å². The normalized spacial score (nSPS) is 12.3. The summed E-state index contributed by atoms with van der Waals surface area (Å²) >= 11 is 0. The zero-order valence-electron chi connectivity index (χ0n) is 12.6. The summed E-state index contributed by atoms with van der Waals surface area (Å²) in [5.74, 6) is -0.0128. The molecule has 0 radical (unpaired) electrons. The Labute approximate surface area is 120 Å². The Morgan fingerprint density at radius 1 is 1.35 bits per heavy atom. The first kappa shape index (κ1) is 16.3. The topological polar surface area (TPSA) is 72.8 Å².